The number of carbonyl (C=O) groups excluding carboxylic acids is 2. The van der Waals surface area contributed by atoms with Gasteiger partial charge in [0.05, 0.1) is 34.7 Å². The quantitative estimate of drug-likeness (QED) is 0.0431. The SMILES string of the molecule is C#CCOCCOc1cc(C2(C)N=N2)ccc1C(=O)N1CCc2c(sc3nc(SCC(=O)c4cccs4)n(CC(=C)C)c(=O)c23)C1. The van der Waals surface area contributed by atoms with Crippen LogP contribution in [0.15, 0.2) is 68.0 Å². The smallest absolute Gasteiger partial charge is 0.263 e. The van der Waals surface area contributed by atoms with E-state index >= 15 is 0 Å². The van der Waals surface area contributed by atoms with Crippen molar-refractivity contribution in [3.05, 3.63) is 84.7 Å². The third-order valence-corrected chi connectivity index (χ3v) is 10.6. The first kappa shape index (κ1) is 31.9. The van der Waals surface area contributed by atoms with Gasteiger partial charge >= 0.3 is 0 Å². The molecule has 0 saturated heterocycles. The summed E-state index contributed by atoms with van der Waals surface area (Å²) in [6, 6.07) is 9.04. The van der Waals surface area contributed by atoms with Crippen LogP contribution in [0, 0.1) is 12.3 Å². The van der Waals surface area contributed by atoms with Crippen LogP contribution in [0.3, 0.4) is 0 Å². The number of ketones is 1. The first-order valence-corrected chi connectivity index (χ1v) is 17.3. The van der Waals surface area contributed by atoms with Crippen molar-refractivity contribution in [2.24, 2.45) is 10.2 Å². The highest BCUT2D eigenvalue weighted by atomic mass is 32.2. The molecule has 46 heavy (non-hydrogen) atoms. The van der Waals surface area contributed by atoms with Crippen molar-refractivity contribution in [1.29, 1.82) is 0 Å². The van der Waals surface area contributed by atoms with Gasteiger partial charge in [-0.25, -0.2) is 4.98 Å². The van der Waals surface area contributed by atoms with E-state index in [9.17, 15) is 14.4 Å². The van der Waals surface area contributed by atoms with Crippen LogP contribution in [-0.2, 0) is 29.9 Å². The van der Waals surface area contributed by atoms with Gasteiger partial charge in [-0.05, 0) is 49.4 Å². The normalized spacial score (nSPS) is 14.6. The van der Waals surface area contributed by atoms with E-state index in [0.29, 0.717) is 57.6 Å². The maximum atomic E-state index is 13.9. The van der Waals surface area contributed by atoms with E-state index in [1.54, 1.807) is 27.7 Å². The van der Waals surface area contributed by atoms with Gasteiger partial charge in [-0.2, -0.15) is 10.2 Å². The number of fused-ring (bicyclic) bond motifs is 3. The highest BCUT2D eigenvalue weighted by Gasteiger charge is 2.37. The zero-order valence-electron chi connectivity index (χ0n) is 25.4. The van der Waals surface area contributed by atoms with Gasteiger partial charge in [0.1, 0.15) is 23.8 Å². The molecule has 236 valence electrons. The van der Waals surface area contributed by atoms with Crippen LogP contribution >= 0.6 is 34.4 Å². The minimum Gasteiger partial charge on any atom is -0.490 e. The largest absolute Gasteiger partial charge is 0.490 e. The number of hydrogen-bond donors (Lipinski definition) is 0. The number of aromatic nitrogens is 2. The number of carbonyl (C=O) groups is 2. The lowest BCUT2D eigenvalue weighted by molar-refractivity contribution is 0.0728. The number of terminal acetylenes is 1. The fraction of sp³-hybridized carbons (Fsp3) is 0.333. The minimum atomic E-state index is -0.630. The summed E-state index contributed by atoms with van der Waals surface area (Å²) in [6.45, 7) is 9.50. The molecule has 0 radical (unpaired) electrons. The first-order valence-electron chi connectivity index (χ1n) is 14.6. The third kappa shape index (κ3) is 6.57. The Morgan fingerprint density at radius 2 is 2.07 bits per heavy atom. The van der Waals surface area contributed by atoms with Gasteiger partial charge < -0.3 is 14.4 Å². The van der Waals surface area contributed by atoms with Gasteiger partial charge in [0, 0.05) is 23.5 Å². The van der Waals surface area contributed by atoms with E-state index in [1.807, 2.05) is 31.4 Å². The van der Waals surface area contributed by atoms with Crippen molar-refractivity contribution in [2.45, 2.75) is 44.2 Å². The molecule has 0 aliphatic carbocycles. The Balaban J connectivity index is 1.26. The predicted molar refractivity (Wildman–Crippen MR) is 180 cm³/mol. The van der Waals surface area contributed by atoms with Crippen LogP contribution in [0.25, 0.3) is 10.2 Å². The molecule has 4 aromatic rings. The van der Waals surface area contributed by atoms with Crippen molar-refractivity contribution in [3.63, 3.8) is 0 Å². The molecule has 1 amide bonds. The summed E-state index contributed by atoms with van der Waals surface area (Å²) in [6.07, 6.45) is 5.77. The van der Waals surface area contributed by atoms with E-state index < -0.39 is 5.66 Å². The van der Waals surface area contributed by atoms with Gasteiger partial charge in [-0.3, -0.25) is 19.0 Å². The van der Waals surface area contributed by atoms with Gasteiger partial charge in [-0.15, -0.1) is 29.1 Å². The number of rotatable bonds is 13. The average molecular weight is 674 g/mol. The minimum absolute atomic E-state index is 0.0117. The van der Waals surface area contributed by atoms with E-state index in [2.05, 4.69) is 22.7 Å². The summed E-state index contributed by atoms with van der Waals surface area (Å²) in [4.78, 5) is 49.4. The molecule has 0 atom stereocenters. The highest BCUT2D eigenvalue weighted by molar-refractivity contribution is 7.99. The van der Waals surface area contributed by atoms with E-state index in [4.69, 9.17) is 20.9 Å². The molecular formula is C33H31N5O5S3. The molecule has 0 spiro atoms. The van der Waals surface area contributed by atoms with Gasteiger partial charge in [0.2, 0.25) is 5.66 Å². The summed E-state index contributed by atoms with van der Waals surface area (Å²) in [5.74, 6) is 2.83. The fourth-order valence-electron chi connectivity index (χ4n) is 5.20. The summed E-state index contributed by atoms with van der Waals surface area (Å²) in [5.41, 5.74) is 2.20. The van der Waals surface area contributed by atoms with E-state index in [-0.39, 0.29) is 42.8 Å². The molecule has 0 fully saturated rings. The van der Waals surface area contributed by atoms with Gasteiger partial charge in [0.15, 0.2) is 10.9 Å². The number of amides is 1. The van der Waals surface area contributed by atoms with Crippen LogP contribution < -0.4 is 10.3 Å². The number of allylic oxidation sites excluding steroid dienone is 1. The predicted octanol–water partition coefficient (Wildman–Crippen LogP) is 5.94. The average Bonchev–Trinajstić information content (AvgIpc) is 3.41. The molecule has 2 aliphatic heterocycles. The Kier molecular flexibility index (Phi) is 9.24. The van der Waals surface area contributed by atoms with Crippen molar-refractivity contribution >= 4 is 56.3 Å². The zero-order valence-corrected chi connectivity index (χ0v) is 27.9. The number of nitrogens with zero attached hydrogens (tertiary/aromatic N) is 5. The Bertz CT molecular complexity index is 1970. The van der Waals surface area contributed by atoms with Crippen LogP contribution in [0.4, 0.5) is 0 Å². The molecule has 0 saturated carbocycles. The van der Waals surface area contributed by atoms with E-state index in [0.717, 1.165) is 21.6 Å². The highest BCUT2D eigenvalue weighted by Crippen LogP contribution is 2.41. The van der Waals surface area contributed by atoms with E-state index in [1.165, 1.54) is 34.4 Å². The first-order chi connectivity index (χ1) is 22.2. The summed E-state index contributed by atoms with van der Waals surface area (Å²) in [7, 11) is 0. The molecular weight excluding hydrogens is 643 g/mol. The number of benzene rings is 1. The Morgan fingerprint density at radius 3 is 2.78 bits per heavy atom. The van der Waals surface area contributed by atoms with Crippen molar-refractivity contribution in [3.8, 4) is 18.1 Å². The second kappa shape index (κ2) is 13.3. The lowest BCUT2D eigenvalue weighted by Crippen LogP contribution is -2.36. The number of Topliss-reactive ketones (excluding diaryl/α,β-unsaturated/α-hetero) is 1. The molecule has 13 heteroatoms. The lowest BCUT2D eigenvalue weighted by atomic mass is 10.0. The van der Waals surface area contributed by atoms with Crippen LogP contribution in [0.5, 0.6) is 5.75 Å². The Labute approximate surface area is 278 Å². The molecule has 5 heterocycles. The maximum absolute atomic E-state index is 13.9. The molecule has 6 rings (SSSR count). The number of ether oxygens (including phenoxy) is 2. The Morgan fingerprint density at radius 1 is 1.24 bits per heavy atom. The molecule has 0 N–H and O–H groups in total. The molecule has 0 unspecified atom stereocenters. The molecule has 3 aromatic heterocycles. The topological polar surface area (TPSA) is 115 Å². The number of hydrogen-bond acceptors (Lipinski definition) is 11. The summed E-state index contributed by atoms with van der Waals surface area (Å²) >= 11 is 4.07. The number of thiophene rings is 2. The maximum Gasteiger partial charge on any atom is 0.263 e. The van der Waals surface area contributed by atoms with Crippen LogP contribution in [0.2, 0.25) is 0 Å². The second-order valence-electron chi connectivity index (χ2n) is 11.1. The number of thioether (sulfide) groups is 1. The van der Waals surface area contributed by atoms with Gasteiger partial charge in [0.25, 0.3) is 11.5 Å². The monoisotopic (exact) mass is 673 g/mol. The standard InChI is InChI=1S/C33H31N5O5S3/c1-5-12-42-13-14-43-25-16-21(33(4)35-36-33)8-9-22(25)30(40)37-11-10-23-27(18-37)46-29-28(23)31(41)38(17-20(2)3)32(34-29)45-19-24(39)26-7-6-15-44-26/h1,6-9,15-16H,2,10-14,17-19H2,3-4H3. The van der Waals surface area contributed by atoms with Crippen molar-refractivity contribution in [2.75, 3.05) is 32.1 Å². The molecule has 0 bridgehead atoms. The molecule has 2 aliphatic rings. The van der Waals surface area contributed by atoms with Gasteiger partial charge in [-0.1, -0.05) is 42.0 Å². The molecule has 10 nitrogen and oxygen atoms in total. The third-order valence-electron chi connectivity index (χ3n) is 7.60. The fourth-order valence-corrected chi connectivity index (χ4v) is 8.12. The summed E-state index contributed by atoms with van der Waals surface area (Å²) < 4.78 is 13.0. The van der Waals surface area contributed by atoms with Crippen molar-refractivity contribution < 1.29 is 19.1 Å². The molecule has 1 aromatic carbocycles. The Hall–Kier alpha value is -4.09. The second-order valence-corrected chi connectivity index (χ2v) is 14.1. The van der Waals surface area contributed by atoms with Crippen LogP contribution in [0.1, 0.15) is 49.9 Å². The summed E-state index contributed by atoms with van der Waals surface area (Å²) in [5, 5.41) is 11.2. The van der Waals surface area contributed by atoms with Crippen LogP contribution in [-0.4, -0.2) is 58.3 Å². The lowest BCUT2D eigenvalue weighted by Gasteiger charge is -2.28. The van der Waals surface area contributed by atoms with Crippen molar-refractivity contribution in [1.82, 2.24) is 14.5 Å². The zero-order chi connectivity index (χ0) is 32.4.